The number of aromatic nitrogens is 1. The molecule has 2 rings (SSSR count). The summed E-state index contributed by atoms with van der Waals surface area (Å²) >= 11 is 0. The third-order valence-electron chi connectivity index (χ3n) is 3.20. The van der Waals surface area contributed by atoms with Gasteiger partial charge >= 0.3 is 0 Å². The van der Waals surface area contributed by atoms with E-state index in [9.17, 15) is 0 Å². The molecule has 0 aliphatic carbocycles. The summed E-state index contributed by atoms with van der Waals surface area (Å²) in [7, 11) is 0. The Balaban J connectivity index is 2.19. The number of piperazine rings is 1. The molecule has 5 heteroatoms. The van der Waals surface area contributed by atoms with Crippen molar-refractivity contribution >= 4 is 11.5 Å². The molecule has 88 valence electrons. The minimum absolute atomic E-state index is 0.299. The molecule has 1 fully saturated rings. The van der Waals surface area contributed by atoms with Crippen molar-refractivity contribution in [1.82, 2.24) is 15.2 Å². The lowest BCUT2D eigenvalue weighted by molar-refractivity contribution is 0.186. The molecule has 0 spiro atoms. The minimum atomic E-state index is 0.299. The van der Waals surface area contributed by atoms with E-state index in [-0.39, 0.29) is 0 Å². The number of nitrogens with zero attached hydrogens (tertiary/aromatic N) is 2. The van der Waals surface area contributed by atoms with E-state index in [1.54, 1.807) is 6.20 Å². The quantitative estimate of drug-likeness (QED) is 0.665. The van der Waals surface area contributed by atoms with Crippen LogP contribution in [0, 0.1) is 0 Å². The second-order valence-electron chi connectivity index (χ2n) is 4.16. The van der Waals surface area contributed by atoms with E-state index in [4.69, 9.17) is 11.5 Å². The van der Waals surface area contributed by atoms with Gasteiger partial charge in [-0.1, -0.05) is 0 Å². The molecular formula is C11H19N5. The van der Waals surface area contributed by atoms with Gasteiger partial charge in [-0.25, -0.2) is 4.98 Å². The SMILES string of the molecule is CC(c1ccnc(N)c1N)N1CCNCC1. The minimum Gasteiger partial charge on any atom is -0.395 e. The Bertz CT molecular complexity index is 359. The van der Waals surface area contributed by atoms with Crippen molar-refractivity contribution in [3.63, 3.8) is 0 Å². The van der Waals surface area contributed by atoms with Crippen LogP contribution in [0.4, 0.5) is 11.5 Å². The van der Waals surface area contributed by atoms with Crippen molar-refractivity contribution in [2.75, 3.05) is 37.6 Å². The standard InChI is InChI=1S/C11H19N5/c1-8(16-6-4-14-5-7-16)9-2-3-15-11(13)10(9)12/h2-3,8,14H,4-7,12H2,1H3,(H2,13,15). The van der Waals surface area contributed by atoms with E-state index in [1.807, 2.05) is 6.07 Å². The molecular weight excluding hydrogens is 202 g/mol. The van der Waals surface area contributed by atoms with Gasteiger partial charge in [-0.05, 0) is 18.6 Å². The van der Waals surface area contributed by atoms with Crippen molar-refractivity contribution in [3.8, 4) is 0 Å². The maximum Gasteiger partial charge on any atom is 0.146 e. The van der Waals surface area contributed by atoms with Crippen LogP contribution in [0.2, 0.25) is 0 Å². The lowest BCUT2D eigenvalue weighted by Crippen LogP contribution is -2.44. The molecule has 2 heterocycles. The first-order chi connectivity index (χ1) is 7.70. The van der Waals surface area contributed by atoms with Crippen LogP contribution in [-0.2, 0) is 0 Å². The van der Waals surface area contributed by atoms with Crippen LogP contribution in [0.1, 0.15) is 18.5 Å². The number of anilines is 2. The predicted molar refractivity (Wildman–Crippen MR) is 65.9 cm³/mol. The Labute approximate surface area is 95.8 Å². The van der Waals surface area contributed by atoms with Crippen LogP contribution in [0.15, 0.2) is 12.3 Å². The molecule has 1 atom stereocenters. The summed E-state index contributed by atoms with van der Waals surface area (Å²) in [4.78, 5) is 6.39. The summed E-state index contributed by atoms with van der Waals surface area (Å²) < 4.78 is 0. The molecule has 0 saturated carbocycles. The van der Waals surface area contributed by atoms with E-state index in [0.29, 0.717) is 17.5 Å². The van der Waals surface area contributed by atoms with Crippen molar-refractivity contribution in [3.05, 3.63) is 17.8 Å². The molecule has 0 aromatic carbocycles. The number of nitrogen functional groups attached to an aromatic ring is 2. The largest absolute Gasteiger partial charge is 0.395 e. The zero-order chi connectivity index (χ0) is 11.5. The third kappa shape index (κ3) is 2.10. The maximum absolute atomic E-state index is 5.96. The topological polar surface area (TPSA) is 80.2 Å². The first-order valence-electron chi connectivity index (χ1n) is 5.64. The molecule has 1 aromatic rings. The van der Waals surface area contributed by atoms with Crippen LogP contribution < -0.4 is 16.8 Å². The molecule has 1 aliphatic heterocycles. The lowest BCUT2D eigenvalue weighted by atomic mass is 10.1. The van der Waals surface area contributed by atoms with Crippen LogP contribution in [0.5, 0.6) is 0 Å². The third-order valence-corrected chi connectivity index (χ3v) is 3.20. The van der Waals surface area contributed by atoms with Gasteiger partial charge in [-0.2, -0.15) is 0 Å². The Hall–Kier alpha value is -1.33. The zero-order valence-corrected chi connectivity index (χ0v) is 9.61. The number of nitrogens with two attached hydrogens (primary N) is 2. The molecule has 16 heavy (non-hydrogen) atoms. The first kappa shape index (κ1) is 11.2. The summed E-state index contributed by atoms with van der Waals surface area (Å²) in [6, 6.07) is 2.26. The molecule has 1 saturated heterocycles. The van der Waals surface area contributed by atoms with E-state index < -0.39 is 0 Å². The Morgan fingerprint density at radius 1 is 1.38 bits per heavy atom. The van der Waals surface area contributed by atoms with Crippen LogP contribution in [0.25, 0.3) is 0 Å². The Kier molecular flexibility index (Phi) is 3.26. The summed E-state index contributed by atoms with van der Waals surface area (Å²) in [5.74, 6) is 0.430. The van der Waals surface area contributed by atoms with E-state index >= 15 is 0 Å². The van der Waals surface area contributed by atoms with E-state index in [0.717, 1.165) is 31.7 Å². The van der Waals surface area contributed by atoms with Gasteiger partial charge in [0.25, 0.3) is 0 Å². The number of nitrogens with one attached hydrogen (secondary N) is 1. The lowest BCUT2D eigenvalue weighted by Gasteiger charge is -2.33. The second kappa shape index (κ2) is 4.67. The maximum atomic E-state index is 5.96. The Morgan fingerprint density at radius 2 is 2.06 bits per heavy atom. The van der Waals surface area contributed by atoms with Gasteiger partial charge in [-0.15, -0.1) is 0 Å². The molecule has 0 bridgehead atoms. The predicted octanol–water partition coefficient (Wildman–Crippen LogP) is 0.212. The number of rotatable bonds is 2. The van der Waals surface area contributed by atoms with Crippen molar-refractivity contribution in [2.45, 2.75) is 13.0 Å². The number of hydrogen-bond donors (Lipinski definition) is 3. The highest BCUT2D eigenvalue weighted by atomic mass is 15.2. The molecule has 0 amide bonds. The fraction of sp³-hybridized carbons (Fsp3) is 0.545. The number of hydrogen-bond acceptors (Lipinski definition) is 5. The van der Waals surface area contributed by atoms with Gasteiger partial charge in [0.05, 0.1) is 5.69 Å². The average Bonchev–Trinajstić information content (AvgIpc) is 2.33. The molecule has 5 N–H and O–H groups in total. The molecule has 5 nitrogen and oxygen atoms in total. The van der Waals surface area contributed by atoms with Crippen molar-refractivity contribution < 1.29 is 0 Å². The first-order valence-corrected chi connectivity index (χ1v) is 5.64. The van der Waals surface area contributed by atoms with Crippen molar-refractivity contribution in [2.24, 2.45) is 0 Å². The van der Waals surface area contributed by atoms with Gasteiger partial charge in [-0.3, -0.25) is 4.90 Å². The van der Waals surface area contributed by atoms with Gasteiger partial charge in [0.1, 0.15) is 5.82 Å². The second-order valence-corrected chi connectivity index (χ2v) is 4.16. The average molecular weight is 221 g/mol. The Morgan fingerprint density at radius 3 is 2.75 bits per heavy atom. The van der Waals surface area contributed by atoms with Crippen LogP contribution >= 0.6 is 0 Å². The molecule has 1 aromatic heterocycles. The van der Waals surface area contributed by atoms with Gasteiger partial charge in [0.15, 0.2) is 0 Å². The van der Waals surface area contributed by atoms with Crippen LogP contribution in [-0.4, -0.2) is 36.1 Å². The van der Waals surface area contributed by atoms with E-state index in [2.05, 4.69) is 22.1 Å². The summed E-state index contributed by atoms with van der Waals surface area (Å²) in [6.07, 6.45) is 1.72. The highest BCUT2D eigenvalue weighted by Gasteiger charge is 2.20. The molecule has 1 unspecified atom stereocenters. The van der Waals surface area contributed by atoms with Crippen molar-refractivity contribution in [1.29, 1.82) is 0 Å². The van der Waals surface area contributed by atoms with Gasteiger partial charge in [0, 0.05) is 38.4 Å². The smallest absolute Gasteiger partial charge is 0.146 e. The van der Waals surface area contributed by atoms with Gasteiger partial charge in [0.2, 0.25) is 0 Å². The zero-order valence-electron chi connectivity index (χ0n) is 9.61. The van der Waals surface area contributed by atoms with E-state index in [1.165, 1.54) is 0 Å². The number of pyridine rings is 1. The van der Waals surface area contributed by atoms with Crippen LogP contribution in [0.3, 0.4) is 0 Å². The van der Waals surface area contributed by atoms with Gasteiger partial charge < -0.3 is 16.8 Å². The highest BCUT2D eigenvalue weighted by Crippen LogP contribution is 2.27. The normalized spacial score (nSPS) is 19.6. The fourth-order valence-corrected chi connectivity index (χ4v) is 2.14. The summed E-state index contributed by atoms with van der Waals surface area (Å²) in [5, 5.41) is 3.34. The molecule has 0 radical (unpaired) electrons. The fourth-order valence-electron chi connectivity index (χ4n) is 2.14. The molecule has 1 aliphatic rings. The summed E-state index contributed by atoms with van der Waals surface area (Å²) in [5.41, 5.74) is 13.4. The summed E-state index contributed by atoms with van der Waals surface area (Å²) in [6.45, 7) is 6.32. The monoisotopic (exact) mass is 221 g/mol. The highest BCUT2D eigenvalue weighted by molar-refractivity contribution is 5.63.